The molecule has 118 valence electrons. The van der Waals surface area contributed by atoms with E-state index in [0.717, 1.165) is 11.4 Å². The quantitative estimate of drug-likeness (QED) is 0.640. The first-order chi connectivity index (χ1) is 11.1. The van der Waals surface area contributed by atoms with Crippen LogP contribution in [-0.2, 0) is 0 Å². The number of nitrogens with one attached hydrogen (secondary N) is 1. The predicted octanol–water partition coefficient (Wildman–Crippen LogP) is 6.29. The maximum Gasteiger partial charge on any atom is 0.0553 e. The number of hydrogen-bond acceptors (Lipinski definition) is 1. The summed E-state index contributed by atoms with van der Waals surface area (Å²) in [6.07, 6.45) is 5.80. The highest BCUT2D eigenvalue weighted by Gasteiger charge is 2.37. The average molecular weight is 324 g/mol. The van der Waals surface area contributed by atoms with E-state index in [2.05, 4.69) is 67.7 Å². The van der Waals surface area contributed by atoms with Gasteiger partial charge in [-0.3, -0.25) is 0 Å². The summed E-state index contributed by atoms with van der Waals surface area (Å²) in [5, 5.41) is 4.59. The maximum atomic E-state index is 6.22. The Balaban J connectivity index is 1.71. The maximum absolute atomic E-state index is 6.22. The van der Waals surface area contributed by atoms with Gasteiger partial charge in [-0.15, -0.1) is 0 Å². The number of allylic oxidation sites excluding steroid dienone is 2. The molecule has 1 N–H and O–H groups in total. The third-order valence-electron chi connectivity index (χ3n) is 5.29. The second-order valence-corrected chi connectivity index (χ2v) is 7.46. The smallest absolute Gasteiger partial charge is 0.0553 e. The molecule has 0 saturated carbocycles. The van der Waals surface area contributed by atoms with Crippen LogP contribution in [0.4, 0.5) is 5.69 Å². The molecule has 0 radical (unpaired) electrons. The van der Waals surface area contributed by atoms with Gasteiger partial charge in [0.25, 0.3) is 0 Å². The second kappa shape index (κ2) is 5.72. The van der Waals surface area contributed by atoms with Crippen molar-refractivity contribution in [1.29, 1.82) is 0 Å². The number of hydrogen-bond donors (Lipinski definition) is 1. The fourth-order valence-electron chi connectivity index (χ4n) is 3.98. The molecule has 0 fully saturated rings. The zero-order chi connectivity index (χ0) is 16.0. The van der Waals surface area contributed by atoms with Gasteiger partial charge in [-0.1, -0.05) is 61.9 Å². The van der Waals surface area contributed by atoms with Crippen LogP contribution in [0.2, 0.25) is 5.02 Å². The van der Waals surface area contributed by atoms with Crippen LogP contribution in [0.5, 0.6) is 0 Å². The summed E-state index contributed by atoms with van der Waals surface area (Å²) in [5.41, 5.74) is 5.35. The predicted molar refractivity (Wildman–Crippen MR) is 98.3 cm³/mol. The van der Waals surface area contributed by atoms with Crippen LogP contribution >= 0.6 is 11.6 Å². The van der Waals surface area contributed by atoms with E-state index >= 15 is 0 Å². The van der Waals surface area contributed by atoms with E-state index < -0.39 is 0 Å². The molecule has 3 unspecified atom stereocenters. The van der Waals surface area contributed by atoms with Gasteiger partial charge in [-0.25, -0.2) is 0 Å². The zero-order valence-corrected chi connectivity index (χ0v) is 14.3. The molecule has 4 rings (SSSR count). The number of anilines is 1. The molecule has 1 aliphatic heterocycles. The minimum absolute atomic E-state index is 0.366. The Bertz CT molecular complexity index is 745. The van der Waals surface area contributed by atoms with Crippen molar-refractivity contribution < 1.29 is 0 Å². The lowest BCUT2D eigenvalue weighted by Crippen LogP contribution is -2.29. The Morgan fingerprint density at radius 3 is 2.61 bits per heavy atom. The van der Waals surface area contributed by atoms with E-state index in [1.807, 2.05) is 6.07 Å². The first kappa shape index (κ1) is 14.8. The van der Waals surface area contributed by atoms with Gasteiger partial charge in [0.2, 0.25) is 0 Å². The molecule has 0 amide bonds. The van der Waals surface area contributed by atoms with Crippen LogP contribution in [0.25, 0.3) is 0 Å². The van der Waals surface area contributed by atoms with Crippen molar-refractivity contribution in [1.82, 2.24) is 0 Å². The SMILES string of the molecule is CC(C)c1ccc(C2Nc3ccc(Cl)cc3C3C=CCC32)cc1. The van der Waals surface area contributed by atoms with Crippen LogP contribution in [0.15, 0.2) is 54.6 Å². The number of halogens is 1. The summed E-state index contributed by atoms with van der Waals surface area (Å²) < 4.78 is 0. The van der Waals surface area contributed by atoms with Crippen molar-refractivity contribution in [2.24, 2.45) is 5.92 Å². The Kier molecular flexibility index (Phi) is 3.69. The van der Waals surface area contributed by atoms with E-state index in [1.54, 1.807) is 0 Å². The van der Waals surface area contributed by atoms with Gasteiger partial charge in [0, 0.05) is 16.6 Å². The van der Waals surface area contributed by atoms with Gasteiger partial charge in [-0.05, 0) is 53.1 Å². The third-order valence-corrected chi connectivity index (χ3v) is 5.52. The minimum Gasteiger partial charge on any atom is -0.378 e. The molecule has 3 atom stereocenters. The Labute approximate surface area is 143 Å². The lowest BCUT2D eigenvalue weighted by molar-refractivity contribution is 0.425. The van der Waals surface area contributed by atoms with Crippen molar-refractivity contribution in [3.8, 4) is 0 Å². The van der Waals surface area contributed by atoms with E-state index in [0.29, 0.717) is 23.8 Å². The van der Waals surface area contributed by atoms with Gasteiger partial charge >= 0.3 is 0 Å². The van der Waals surface area contributed by atoms with Gasteiger partial charge in [0.1, 0.15) is 0 Å². The first-order valence-corrected chi connectivity index (χ1v) is 8.84. The lowest BCUT2D eigenvalue weighted by Gasteiger charge is -2.37. The van der Waals surface area contributed by atoms with Crippen LogP contribution in [0.3, 0.4) is 0 Å². The third kappa shape index (κ3) is 2.57. The molecule has 1 aliphatic carbocycles. The van der Waals surface area contributed by atoms with Gasteiger partial charge in [0.15, 0.2) is 0 Å². The molecule has 2 aromatic rings. The molecule has 2 aliphatic rings. The Morgan fingerprint density at radius 2 is 1.87 bits per heavy atom. The molecule has 0 saturated heterocycles. The van der Waals surface area contributed by atoms with Crippen LogP contribution in [0, 0.1) is 5.92 Å². The summed E-state index contributed by atoms with van der Waals surface area (Å²) >= 11 is 6.22. The van der Waals surface area contributed by atoms with Crippen LogP contribution < -0.4 is 5.32 Å². The molecule has 23 heavy (non-hydrogen) atoms. The molecule has 2 heteroatoms. The van der Waals surface area contributed by atoms with E-state index in [-0.39, 0.29) is 0 Å². The molecule has 0 aromatic heterocycles. The van der Waals surface area contributed by atoms with E-state index in [1.165, 1.54) is 22.4 Å². The zero-order valence-electron chi connectivity index (χ0n) is 13.6. The Morgan fingerprint density at radius 1 is 1.09 bits per heavy atom. The lowest BCUT2D eigenvalue weighted by atomic mass is 9.77. The van der Waals surface area contributed by atoms with Crippen molar-refractivity contribution in [3.63, 3.8) is 0 Å². The Hall–Kier alpha value is -1.73. The average Bonchev–Trinajstić information content (AvgIpc) is 3.04. The van der Waals surface area contributed by atoms with Crippen molar-refractivity contribution in [3.05, 3.63) is 76.3 Å². The monoisotopic (exact) mass is 323 g/mol. The first-order valence-electron chi connectivity index (χ1n) is 8.46. The molecular formula is C21H22ClN. The van der Waals surface area contributed by atoms with Gasteiger partial charge in [-0.2, -0.15) is 0 Å². The summed E-state index contributed by atoms with van der Waals surface area (Å²) in [5.74, 6) is 1.62. The molecule has 1 nitrogen and oxygen atoms in total. The van der Waals surface area contributed by atoms with Crippen LogP contribution in [0.1, 0.15) is 54.8 Å². The van der Waals surface area contributed by atoms with E-state index in [9.17, 15) is 0 Å². The summed E-state index contributed by atoms with van der Waals surface area (Å²) in [7, 11) is 0. The number of benzene rings is 2. The summed E-state index contributed by atoms with van der Waals surface area (Å²) in [6, 6.07) is 15.7. The van der Waals surface area contributed by atoms with Gasteiger partial charge in [0.05, 0.1) is 6.04 Å². The highest BCUT2D eigenvalue weighted by atomic mass is 35.5. The molecule has 1 heterocycles. The highest BCUT2D eigenvalue weighted by Crippen LogP contribution is 2.50. The fraction of sp³-hybridized carbons (Fsp3) is 0.333. The van der Waals surface area contributed by atoms with Crippen molar-refractivity contribution in [2.45, 2.75) is 38.1 Å². The molecule has 0 spiro atoms. The van der Waals surface area contributed by atoms with Crippen molar-refractivity contribution >= 4 is 17.3 Å². The van der Waals surface area contributed by atoms with E-state index in [4.69, 9.17) is 11.6 Å². The normalized spacial score (nSPS) is 25.1. The summed E-state index contributed by atoms with van der Waals surface area (Å²) in [6.45, 7) is 4.48. The number of fused-ring (bicyclic) bond motifs is 3. The fourth-order valence-corrected chi connectivity index (χ4v) is 4.16. The van der Waals surface area contributed by atoms with Gasteiger partial charge < -0.3 is 5.32 Å². The largest absolute Gasteiger partial charge is 0.378 e. The van der Waals surface area contributed by atoms with Crippen molar-refractivity contribution in [2.75, 3.05) is 5.32 Å². The highest BCUT2D eigenvalue weighted by molar-refractivity contribution is 6.30. The molecule has 2 aromatic carbocycles. The molecule has 0 bridgehead atoms. The number of rotatable bonds is 2. The van der Waals surface area contributed by atoms with Crippen LogP contribution in [-0.4, -0.2) is 0 Å². The summed E-state index contributed by atoms with van der Waals surface area (Å²) in [4.78, 5) is 0. The minimum atomic E-state index is 0.366. The topological polar surface area (TPSA) is 12.0 Å². The standard InChI is InChI=1S/C21H22ClN/c1-13(2)14-6-8-15(9-7-14)21-18-5-3-4-17(18)19-12-16(22)10-11-20(19)23-21/h3-4,6-13,17-18,21,23H,5H2,1-2H3. The second-order valence-electron chi connectivity index (χ2n) is 7.03. The molecular weight excluding hydrogens is 302 g/mol.